The van der Waals surface area contributed by atoms with Crippen molar-refractivity contribution in [1.29, 1.82) is 0 Å². The molecule has 1 saturated heterocycles. The molecule has 0 aliphatic carbocycles. The van der Waals surface area contributed by atoms with Gasteiger partial charge in [-0.25, -0.2) is 4.68 Å². The number of hydrogen-bond acceptors (Lipinski definition) is 5. The molecule has 0 bridgehead atoms. The zero-order valence-corrected chi connectivity index (χ0v) is 18.8. The highest BCUT2D eigenvalue weighted by molar-refractivity contribution is 5.93. The van der Waals surface area contributed by atoms with Gasteiger partial charge in [0.05, 0.1) is 29.3 Å². The molecule has 0 radical (unpaired) electrons. The third kappa shape index (κ3) is 5.55. The lowest BCUT2D eigenvalue weighted by Crippen LogP contribution is -2.49. The first-order valence-electron chi connectivity index (χ1n) is 11.1. The maximum atomic E-state index is 12.7. The van der Waals surface area contributed by atoms with Crippen molar-refractivity contribution in [2.24, 2.45) is 0 Å². The molecule has 0 saturated carbocycles. The second-order valence-electron chi connectivity index (χ2n) is 8.12. The monoisotopic (exact) mass is 433 g/mol. The Morgan fingerprint density at radius 1 is 0.938 bits per heavy atom. The molecular weight excluding hydrogens is 402 g/mol. The third-order valence-corrected chi connectivity index (χ3v) is 5.81. The van der Waals surface area contributed by atoms with Crippen LogP contribution in [-0.4, -0.2) is 71.4 Å². The highest BCUT2D eigenvalue weighted by Crippen LogP contribution is 2.22. The van der Waals surface area contributed by atoms with E-state index in [1.165, 1.54) is 0 Å². The summed E-state index contributed by atoms with van der Waals surface area (Å²) in [4.78, 5) is 17.3. The highest BCUT2D eigenvalue weighted by atomic mass is 16.5. The Balaban J connectivity index is 1.23. The molecule has 1 fully saturated rings. The second-order valence-corrected chi connectivity index (χ2v) is 8.12. The average Bonchev–Trinajstić information content (AvgIpc) is 3.10. The van der Waals surface area contributed by atoms with Crippen LogP contribution >= 0.6 is 0 Å². The largest absolute Gasteiger partial charge is 0.492 e. The fourth-order valence-corrected chi connectivity index (χ4v) is 4.01. The number of carbonyl (C=O) groups is 1. The van der Waals surface area contributed by atoms with Crippen molar-refractivity contribution < 1.29 is 9.53 Å². The van der Waals surface area contributed by atoms with Crippen LogP contribution in [-0.2, 0) is 4.79 Å². The van der Waals surface area contributed by atoms with Gasteiger partial charge in [-0.05, 0) is 38.1 Å². The van der Waals surface area contributed by atoms with Gasteiger partial charge < -0.3 is 10.1 Å². The van der Waals surface area contributed by atoms with E-state index in [-0.39, 0.29) is 5.91 Å². The number of amides is 1. The van der Waals surface area contributed by atoms with Crippen LogP contribution in [0.25, 0.3) is 5.69 Å². The van der Waals surface area contributed by atoms with E-state index in [0.717, 1.165) is 61.2 Å². The molecule has 0 atom stereocenters. The molecule has 32 heavy (non-hydrogen) atoms. The fourth-order valence-electron chi connectivity index (χ4n) is 4.01. The van der Waals surface area contributed by atoms with Crippen molar-refractivity contribution in [1.82, 2.24) is 19.6 Å². The minimum absolute atomic E-state index is 0.00433. The summed E-state index contributed by atoms with van der Waals surface area (Å²) in [5.74, 6) is 0.911. The molecule has 2 heterocycles. The summed E-state index contributed by atoms with van der Waals surface area (Å²) < 4.78 is 7.67. The van der Waals surface area contributed by atoms with E-state index in [4.69, 9.17) is 4.74 Å². The molecule has 4 rings (SSSR count). The number of nitrogens with zero attached hydrogens (tertiary/aromatic N) is 4. The van der Waals surface area contributed by atoms with E-state index in [2.05, 4.69) is 20.2 Å². The number of benzene rings is 2. The van der Waals surface area contributed by atoms with Crippen molar-refractivity contribution in [2.45, 2.75) is 13.8 Å². The number of hydrogen-bond donors (Lipinski definition) is 1. The molecule has 2 aromatic carbocycles. The molecule has 168 valence electrons. The Morgan fingerprint density at radius 2 is 1.56 bits per heavy atom. The first kappa shape index (κ1) is 22.0. The van der Waals surface area contributed by atoms with Crippen molar-refractivity contribution in [2.75, 3.05) is 51.2 Å². The number of piperazine rings is 1. The summed E-state index contributed by atoms with van der Waals surface area (Å²) in [7, 11) is 0. The average molecular weight is 434 g/mol. The molecular formula is C25H31N5O2. The van der Waals surface area contributed by atoms with E-state index in [0.29, 0.717) is 13.2 Å². The van der Waals surface area contributed by atoms with E-state index >= 15 is 0 Å². The first-order valence-corrected chi connectivity index (χ1v) is 11.1. The molecule has 3 aromatic rings. The van der Waals surface area contributed by atoms with Crippen LogP contribution in [0.5, 0.6) is 5.75 Å². The minimum Gasteiger partial charge on any atom is -0.492 e. The van der Waals surface area contributed by atoms with Gasteiger partial charge in [-0.3, -0.25) is 14.6 Å². The van der Waals surface area contributed by atoms with Gasteiger partial charge in [0.25, 0.3) is 0 Å². The zero-order chi connectivity index (χ0) is 22.3. The minimum atomic E-state index is 0.00433. The number of aromatic nitrogens is 2. The quantitative estimate of drug-likeness (QED) is 0.591. The predicted molar refractivity (Wildman–Crippen MR) is 126 cm³/mol. The van der Waals surface area contributed by atoms with Crippen molar-refractivity contribution in [3.8, 4) is 11.4 Å². The highest BCUT2D eigenvalue weighted by Gasteiger charge is 2.21. The maximum Gasteiger partial charge on any atom is 0.238 e. The Hall–Kier alpha value is -3.16. The number of anilines is 1. The summed E-state index contributed by atoms with van der Waals surface area (Å²) in [6.07, 6.45) is 0. The molecule has 7 nitrogen and oxygen atoms in total. The standard InChI is InChI=1S/C25H31N5O2/c1-20-25(21(2)30(27-20)22-9-5-3-6-10-22)26-24(31)19-29-15-13-28(14-16-29)17-18-32-23-11-7-4-8-12-23/h3-12H,13-19H2,1-2H3,(H,26,31). The molecule has 1 amide bonds. The molecule has 7 heteroatoms. The van der Waals surface area contributed by atoms with E-state index < -0.39 is 0 Å². The molecule has 0 unspecified atom stereocenters. The molecule has 1 aromatic heterocycles. The Kier molecular flexibility index (Phi) is 7.19. The summed E-state index contributed by atoms with van der Waals surface area (Å²) in [6.45, 7) is 9.51. The van der Waals surface area contributed by atoms with Crippen molar-refractivity contribution in [3.63, 3.8) is 0 Å². The maximum absolute atomic E-state index is 12.7. The van der Waals surface area contributed by atoms with Crippen LogP contribution in [0, 0.1) is 13.8 Å². The Morgan fingerprint density at radius 3 is 2.25 bits per heavy atom. The zero-order valence-electron chi connectivity index (χ0n) is 18.8. The fraction of sp³-hybridized carbons (Fsp3) is 0.360. The van der Waals surface area contributed by atoms with E-state index in [9.17, 15) is 4.79 Å². The van der Waals surface area contributed by atoms with Crippen LogP contribution in [0.4, 0.5) is 5.69 Å². The summed E-state index contributed by atoms with van der Waals surface area (Å²) >= 11 is 0. The van der Waals surface area contributed by atoms with Crippen LogP contribution in [0.3, 0.4) is 0 Å². The number of carbonyl (C=O) groups excluding carboxylic acids is 1. The van der Waals surface area contributed by atoms with E-state index in [1.807, 2.05) is 79.2 Å². The van der Waals surface area contributed by atoms with Gasteiger partial charge in [0, 0.05) is 32.7 Å². The normalized spacial score (nSPS) is 14.9. The predicted octanol–water partition coefficient (Wildman–Crippen LogP) is 3.12. The smallest absolute Gasteiger partial charge is 0.238 e. The van der Waals surface area contributed by atoms with Crippen LogP contribution < -0.4 is 10.1 Å². The number of nitrogens with one attached hydrogen (secondary N) is 1. The van der Waals surface area contributed by atoms with Crippen LogP contribution in [0.2, 0.25) is 0 Å². The van der Waals surface area contributed by atoms with Crippen molar-refractivity contribution in [3.05, 3.63) is 72.1 Å². The Labute approximate surface area is 189 Å². The summed E-state index contributed by atoms with van der Waals surface area (Å²) in [5, 5.41) is 7.69. The lowest BCUT2D eigenvalue weighted by molar-refractivity contribution is -0.117. The van der Waals surface area contributed by atoms with Gasteiger partial charge in [0.2, 0.25) is 5.91 Å². The molecule has 0 spiro atoms. The lowest BCUT2D eigenvalue weighted by atomic mass is 10.2. The Bertz CT molecular complexity index is 1010. The first-order chi connectivity index (χ1) is 15.6. The summed E-state index contributed by atoms with van der Waals surface area (Å²) in [5.41, 5.74) is 3.55. The molecule has 1 N–H and O–H groups in total. The number of rotatable bonds is 8. The summed E-state index contributed by atoms with van der Waals surface area (Å²) in [6, 6.07) is 19.9. The second kappa shape index (κ2) is 10.4. The van der Waals surface area contributed by atoms with Gasteiger partial charge in [0.15, 0.2) is 0 Å². The van der Waals surface area contributed by atoms with Crippen LogP contribution in [0.1, 0.15) is 11.4 Å². The van der Waals surface area contributed by atoms with Gasteiger partial charge in [0.1, 0.15) is 12.4 Å². The van der Waals surface area contributed by atoms with Crippen molar-refractivity contribution >= 4 is 11.6 Å². The van der Waals surface area contributed by atoms with E-state index in [1.54, 1.807) is 0 Å². The third-order valence-electron chi connectivity index (χ3n) is 5.81. The molecule has 1 aliphatic rings. The van der Waals surface area contributed by atoms with Gasteiger partial charge in [-0.1, -0.05) is 36.4 Å². The van der Waals surface area contributed by atoms with Gasteiger partial charge in [-0.15, -0.1) is 0 Å². The number of aryl methyl sites for hydroxylation is 1. The topological polar surface area (TPSA) is 62.6 Å². The lowest BCUT2D eigenvalue weighted by Gasteiger charge is -2.34. The SMILES string of the molecule is Cc1nn(-c2ccccc2)c(C)c1NC(=O)CN1CCN(CCOc2ccccc2)CC1. The van der Waals surface area contributed by atoms with Gasteiger partial charge in [-0.2, -0.15) is 5.10 Å². The number of ether oxygens (including phenoxy) is 1. The molecule has 1 aliphatic heterocycles. The van der Waals surface area contributed by atoms with Crippen LogP contribution in [0.15, 0.2) is 60.7 Å². The van der Waals surface area contributed by atoms with Gasteiger partial charge >= 0.3 is 0 Å². The number of para-hydroxylation sites is 2.